The van der Waals surface area contributed by atoms with Crippen LogP contribution in [0.25, 0.3) is 0 Å². The van der Waals surface area contributed by atoms with Crippen molar-refractivity contribution in [2.24, 2.45) is 0 Å². The number of hydrogen-bond acceptors (Lipinski definition) is 4. The van der Waals surface area contributed by atoms with Gasteiger partial charge in [-0.2, -0.15) is 0 Å². The molecule has 0 saturated heterocycles. The van der Waals surface area contributed by atoms with Crippen LogP contribution in [0.15, 0.2) is 47.4 Å². The van der Waals surface area contributed by atoms with Gasteiger partial charge in [-0.25, -0.2) is 17.9 Å². The minimum atomic E-state index is -3.71. The predicted molar refractivity (Wildman–Crippen MR) is 97.0 cm³/mol. The van der Waals surface area contributed by atoms with Crippen LogP contribution in [0.3, 0.4) is 0 Å². The molecule has 0 bridgehead atoms. The van der Waals surface area contributed by atoms with Crippen molar-refractivity contribution in [1.82, 2.24) is 4.72 Å². The van der Waals surface area contributed by atoms with Gasteiger partial charge < -0.3 is 9.84 Å². The lowest BCUT2D eigenvalue weighted by Crippen LogP contribution is -2.31. The SMILES string of the molecule is CC(NS(=O)(=O)c1cccc(Cl)c1)c1ccc2c(c1)CCC(C(=O)O)O2. The number of benzene rings is 2. The molecule has 26 heavy (non-hydrogen) atoms. The van der Waals surface area contributed by atoms with Gasteiger partial charge in [0.05, 0.1) is 4.90 Å². The summed E-state index contributed by atoms with van der Waals surface area (Å²) in [5.41, 5.74) is 1.64. The Balaban J connectivity index is 1.79. The Hall–Kier alpha value is -2.09. The summed E-state index contributed by atoms with van der Waals surface area (Å²) in [6.07, 6.45) is 0.106. The summed E-state index contributed by atoms with van der Waals surface area (Å²) in [4.78, 5) is 11.1. The minimum Gasteiger partial charge on any atom is -0.479 e. The average Bonchev–Trinajstić information content (AvgIpc) is 2.60. The molecule has 2 atom stereocenters. The first kappa shape index (κ1) is 18.7. The molecule has 3 rings (SSSR count). The highest BCUT2D eigenvalue weighted by molar-refractivity contribution is 7.89. The van der Waals surface area contributed by atoms with E-state index >= 15 is 0 Å². The van der Waals surface area contributed by atoms with E-state index in [0.717, 1.165) is 11.1 Å². The first-order chi connectivity index (χ1) is 12.3. The number of carboxylic acids is 1. The van der Waals surface area contributed by atoms with Gasteiger partial charge in [-0.1, -0.05) is 29.8 Å². The van der Waals surface area contributed by atoms with E-state index in [4.69, 9.17) is 21.4 Å². The quantitative estimate of drug-likeness (QED) is 0.811. The molecule has 0 fully saturated rings. The molecule has 2 aromatic carbocycles. The highest BCUT2D eigenvalue weighted by Crippen LogP contribution is 2.30. The predicted octanol–water partition coefficient (Wildman–Crippen LogP) is 3.16. The number of ether oxygens (including phenoxy) is 1. The summed E-state index contributed by atoms with van der Waals surface area (Å²) in [6, 6.07) is 10.9. The number of rotatable bonds is 5. The topological polar surface area (TPSA) is 92.7 Å². The maximum atomic E-state index is 12.5. The van der Waals surface area contributed by atoms with Gasteiger partial charge in [-0.3, -0.25) is 0 Å². The molecule has 2 unspecified atom stereocenters. The third-order valence-corrected chi connectivity index (χ3v) is 6.02. The zero-order valence-electron chi connectivity index (χ0n) is 14.0. The largest absolute Gasteiger partial charge is 0.479 e. The standard InChI is InChI=1S/C18H18ClNO5S/c1-11(20-26(23,24)15-4-2-3-14(19)10-15)12-5-7-16-13(9-12)6-8-17(25-16)18(21)22/h2-5,7,9-11,17,20H,6,8H2,1H3,(H,21,22). The molecule has 1 aliphatic heterocycles. The summed E-state index contributed by atoms with van der Waals surface area (Å²) < 4.78 is 33.1. The van der Waals surface area contributed by atoms with Crippen molar-refractivity contribution in [2.45, 2.75) is 36.8 Å². The van der Waals surface area contributed by atoms with Crippen LogP contribution in [0.1, 0.15) is 30.5 Å². The van der Waals surface area contributed by atoms with Crippen LogP contribution in [0.4, 0.5) is 0 Å². The molecule has 6 nitrogen and oxygen atoms in total. The molecule has 0 aromatic heterocycles. The Labute approximate surface area is 156 Å². The molecule has 0 radical (unpaired) electrons. The van der Waals surface area contributed by atoms with Crippen molar-refractivity contribution in [3.8, 4) is 5.75 Å². The van der Waals surface area contributed by atoms with Crippen molar-refractivity contribution in [1.29, 1.82) is 0 Å². The molecule has 1 aliphatic rings. The highest BCUT2D eigenvalue weighted by Gasteiger charge is 2.26. The fourth-order valence-corrected chi connectivity index (χ4v) is 4.39. The maximum Gasteiger partial charge on any atom is 0.344 e. The Morgan fingerprint density at radius 1 is 1.31 bits per heavy atom. The number of halogens is 1. The van der Waals surface area contributed by atoms with Crippen LogP contribution in [0.5, 0.6) is 5.75 Å². The number of aryl methyl sites for hydroxylation is 1. The van der Waals surface area contributed by atoms with E-state index in [9.17, 15) is 13.2 Å². The molecule has 2 N–H and O–H groups in total. The molecule has 138 valence electrons. The van der Waals surface area contributed by atoms with Crippen LogP contribution >= 0.6 is 11.6 Å². The van der Waals surface area contributed by atoms with Crippen molar-refractivity contribution < 1.29 is 23.1 Å². The van der Waals surface area contributed by atoms with E-state index in [2.05, 4.69) is 4.72 Å². The molecule has 0 aliphatic carbocycles. The van der Waals surface area contributed by atoms with Crippen LogP contribution in [0, 0.1) is 0 Å². The minimum absolute atomic E-state index is 0.0995. The Bertz CT molecular complexity index is 944. The van der Waals surface area contributed by atoms with E-state index in [1.165, 1.54) is 12.1 Å². The molecule has 0 saturated carbocycles. The normalized spacial score (nSPS) is 17.8. The second-order valence-electron chi connectivity index (χ2n) is 6.15. The number of carbonyl (C=O) groups is 1. The summed E-state index contributed by atoms with van der Waals surface area (Å²) >= 11 is 5.87. The van der Waals surface area contributed by atoms with Gasteiger partial charge in [0, 0.05) is 11.1 Å². The van der Waals surface area contributed by atoms with Crippen LogP contribution in [-0.4, -0.2) is 25.6 Å². The molecule has 2 aromatic rings. The van der Waals surface area contributed by atoms with E-state index in [1.807, 2.05) is 6.07 Å². The fraction of sp³-hybridized carbons (Fsp3) is 0.278. The first-order valence-electron chi connectivity index (χ1n) is 8.06. The zero-order chi connectivity index (χ0) is 18.9. The van der Waals surface area contributed by atoms with E-state index in [0.29, 0.717) is 23.6 Å². The highest BCUT2D eigenvalue weighted by atomic mass is 35.5. The molecule has 8 heteroatoms. The lowest BCUT2D eigenvalue weighted by atomic mass is 9.98. The van der Waals surface area contributed by atoms with Gasteiger partial charge in [0.1, 0.15) is 5.75 Å². The van der Waals surface area contributed by atoms with Crippen LogP contribution in [-0.2, 0) is 21.2 Å². The summed E-state index contributed by atoms with van der Waals surface area (Å²) in [5.74, 6) is -0.459. The summed E-state index contributed by atoms with van der Waals surface area (Å²) in [7, 11) is -3.71. The fourth-order valence-electron chi connectivity index (χ4n) is 2.85. The second kappa shape index (κ2) is 7.26. The van der Waals surface area contributed by atoms with Gasteiger partial charge in [-0.15, -0.1) is 0 Å². The third-order valence-electron chi connectivity index (χ3n) is 4.24. The molecular formula is C18H18ClNO5S. The smallest absolute Gasteiger partial charge is 0.344 e. The van der Waals surface area contributed by atoms with E-state index < -0.39 is 28.1 Å². The zero-order valence-corrected chi connectivity index (χ0v) is 15.5. The van der Waals surface area contributed by atoms with E-state index in [-0.39, 0.29) is 4.90 Å². The number of hydrogen-bond donors (Lipinski definition) is 2. The van der Waals surface area contributed by atoms with Crippen LogP contribution < -0.4 is 9.46 Å². The van der Waals surface area contributed by atoms with Gasteiger partial charge in [-0.05, 0) is 55.2 Å². The van der Waals surface area contributed by atoms with Gasteiger partial charge in [0.15, 0.2) is 6.10 Å². The number of aliphatic carboxylic acids is 1. The lowest BCUT2D eigenvalue weighted by Gasteiger charge is -2.24. The van der Waals surface area contributed by atoms with Crippen molar-refractivity contribution in [3.05, 3.63) is 58.6 Å². The lowest BCUT2D eigenvalue weighted by molar-refractivity contribution is -0.145. The average molecular weight is 396 g/mol. The monoisotopic (exact) mass is 395 g/mol. The first-order valence-corrected chi connectivity index (χ1v) is 9.92. The Morgan fingerprint density at radius 3 is 2.77 bits per heavy atom. The number of fused-ring (bicyclic) bond motifs is 1. The number of carboxylic acid groups (broad SMARTS) is 1. The molecule has 0 amide bonds. The molecule has 1 heterocycles. The van der Waals surface area contributed by atoms with Crippen molar-refractivity contribution in [3.63, 3.8) is 0 Å². The van der Waals surface area contributed by atoms with Crippen molar-refractivity contribution in [2.75, 3.05) is 0 Å². The van der Waals surface area contributed by atoms with Crippen LogP contribution in [0.2, 0.25) is 5.02 Å². The summed E-state index contributed by atoms with van der Waals surface area (Å²) in [6.45, 7) is 1.74. The number of sulfonamides is 1. The van der Waals surface area contributed by atoms with E-state index in [1.54, 1.807) is 31.2 Å². The molecule has 0 spiro atoms. The Kier molecular flexibility index (Phi) is 5.22. The Morgan fingerprint density at radius 2 is 2.08 bits per heavy atom. The second-order valence-corrected chi connectivity index (χ2v) is 8.30. The van der Waals surface area contributed by atoms with Crippen molar-refractivity contribution >= 4 is 27.6 Å². The number of nitrogens with one attached hydrogen (secondary N) is 1. The van der Waals surface area contributed by atoms with Gasteiger partial charge in [0.25, 0.3) is 0 Å². The third kappa shape index (κ3) is 4.00. The van der Waals surface area contributed by atoms with Gasteiger partial charge in [0.2, 0.25) is 10.0 Å². The summed E-state index contributed by atoms with van der Waals surface area (Å²) in [5, 5.41) is 9.40. The molecular weight excluding hydrogens is 378 g/mol. The van der Waals surface area contributed by atoms with Gasteiger partial charge >= 0.3 is 5.97 Å². The maximum absolute atomic E-state index is 12.5.